The molecule has 0 aliphatic heterocycles. The summed E-state index contributed by atoms with van der Waals surface area (Å²) >= 11 is 1.57. The lowest BCUT2D eigenvalue weighted by atomic mass is 10.1. The fraction of sp³-hybridized carbons (Fsp3) is 0.154. The predicted octanol–water partition coefficient (Wildman–Crippen LogP) is 4.43. The molecule has 0 aliphatic rings. The number of hydrogen-bond donors (Lipinski definition) is 2. The van der Waals surface area contributed by atoms with Crippen molar-refractivity contribution >= 4 is 29.7 Å². The fourth-order valence-electron chi connectivity index (χ4n) is 3.09. The highest BCUT2D eigenvalue weighted by atomic mass is 32.2. The number of ether oxygens (including phenoxy) is 1. The van der Waals surface area contributed by atoms with E-state index in [0.29, 0.717) is 24.4 Å². The van der Waals surface area contributed by atoms with Gasteiger partial charge in [-0.1, -0.05) is 66.7 Å². The molecule has 6 heteroatoms. The minimum atomic E-state index is -0.438. The highest BCUT2D eigenvalue weighted by molar-refractivity contribution is 7.98. The maximum absolute atomic E-state index is 13.0. The molecule has 3 aromatic carbocycles. The van der Waals surface area contributed by atoms with Gasteiger partial charge in [-0.05, 0) is 41.2 Å². The number of rotatable bonds is 9. The molecule has 0 radical (unpaired) electrons. The Morgan fingerprint density at radius 1 is 0.844 bits per heavy atom. The molecule has 2 N–H and O–H groups in total. The van der Waals surface area contributed by atoms with Gasteiger partial charge in [-0.2, -0.15) is 0 Å². The summed E-state index contributed by atoms with van der Waals surface area (Å²) in [6, 6.07) is 24.7. The van der Waals surface area contributed by atoms with Gasteiger partial charge in [-0.15, -0.1) is 11.8 Å². The molecule has 0 fully saturated rings. The topological polar surface area (TPSA) is 67.4 Å². The fourth-order valence-corrected chi connectivity index (χ4v) is 3.64. The lowest BCUT2D eigenvalue weighted by molar-refractivity contribution is -0.123. The second-order valence-electron chi connectivity index (χ2n) is 7.01. The van der Waals surface area contributed by atoms with Crippen LogP contribution in [0.1, 0.15) is 16.7 Å². The number of amides is 2. The van der Waals surface area contributed by atoms with Gasteiger partial charge < -0.3 is 15.4 Å². The molecule has 0 unspecified atom stereocenters. The van der Waals surface area contributed by atoms with E-state index in [1.165, 1.54) is 0 Å². The minimum Gasteiger partial charge on any atom is -0.496 e. The van der Waals surface area contributed by atoms with Crippen LogP contribution in [0.2, 0.25) is 0 Å². The van der Waals surface area contributed by atoms with Crippen molar-refractivity contribution in [3.05, 3.63) is 101 Å². The molecule has 164 valence electrons. The molecule has 2 amide bonds. The normalized spacial score (nSPS) is 10.2. The molecule has 0 aromatic heterocycles. The van der Waals surface area contributed by atoms with Crippen molar-refractivity contribution in [2.45, 2.75) is 18.0 Å². The van der Waals surface area contributed by atoms with Crippen molar-refractivity contribution in [3.63, 3.8) is 0 Å². The Kier molecular flexibility index (Phi) is 8.52. The molecule has 0 atom stereocenters. The number of methoxy groups -OCH3 is 1. The smallest absolute Gasteiger partial charge is 0.257 e. The summed E-state index contributed by atoms with van der Waals surface area (Å²) in [6.45, 7) is 0.662. The van der Waals surface area contributed by atoms with Crippen molar-refractivity contribution in [1.29, 1.82) is 0 Å². The van der Waals surface area contributed by atoms with E-state index in [4.69, 9.17) is 4.74 Å². The first-order valence-electron chi connectivity index (χ1n) is 10.2. The molecule has 0 saturated heterocycles. The SMILES string of the molecule is COc1cc(C=C(C(=O)NCc2ccccc2)C(=O)NCc2ccccc2)ccc1SC. The third kappa shape index (κ3) is 6.49. The second-order valence-corrected chi connectivity index (χ2v) is 7.86. The first-order valence-corrected chi connectivity index (χ1v) is 11.4. The van der Waals surface area contributed by atoms with Crippen molar-refractivity contribution < 1.29 is 14.3 Å². The Hall–Kier alpha value is -3.51. The van der Waals surface area contributed by atoms with E-state index < -0.39 is 11.8 Å². The lowest BCUT2D eigenvalue weighted by Gasteiger charge is -2.12. The van der Waals surface area contributed by atoms with Crippen LogP contribution in [0.25, 0.3) is 6.08 Å². The third-order valence-electron chi connectivity index (χ3n) is 4.80. The highest BCUT2D eigenvalue weighted by Gasteiger charge is 2.18. The van der Waals surface area contributed by atoms with Gasteiger partial charge in [-0.3, -0.25) is 9.59 Å². The molecule has 0 aliphatic carbocycles. The summed E-state index contributed by atoms with van der Waals surface area (Å²) in [7, 11) is 1.60. The first kappa shape index (κ1) is 23.2. The van der Waals surface area contributed by atoms with Gasteiger partial charge in [0.1, 0.15) is 11.3 Å². The summed E-state index contributed by atoms with van der Waals surface area (Å²) in [5.41, 5.74) is 2.65. The molecule has 3 aromatic rings. The third-order valence-corrected chi connectivity index (χ3v) is 5.58. The Bertz CT molecular complexity index is 1030. The van der Waals surface area contributed by atoms with Crippen molar-refractivity contribution in [2.75, 3.05) is 13.4 Å². The van der Waals surface area contributed by atoms with Crippen LogP contribution in [-0.2, 0) is 22.7 Å². The Morgan fingerprint density at radius 3 is 1.84 bits per heavy atom. The van der Waals surface area contributed by atoms with Gasteiger partial charge >= 0.3 is 0 Å². The molecule has 3 rings (SSSR count). The minimum absolute atomic E-state index is 0.0378. The van der Waals surface area contributed by atoms with Crippen molar-refractivity contribution in [3.8, 4) is 5.75 Å². The summed E-state index contributed by atoms with van der Waals surface area (Å²) in [6.07, 6.45) is 3.56. The number of benzene rings is 3. The summed E-state index contributed by atoms with van der Waals surface area (Å²) in [5, 5.41) is 5.69. The van der Waals surface area contributed by atoms with Gasteiger partial charge in [0.05, 0.1) is 7.11 Å². The van der Waals surface area contributed by atoms with Gasteiger partial charge in [-0.25, -0.2) is 0 Å². The number of thioether (sulfide) groups is 1. The van der Waals surface area contributed by atoms with Gasteiger partial charge in [0.2, 0.25) is 0 Å². The van der Waals surface area contributed by atoms with Crippen molar-refractivity contribution in [2.24, 2.45) is 0 Å². The number of nitrogens with one attached hydrogen (secondary N) is 2. The average molecular weight is 447 g/mol. The van der Waals surface area contributed by atoms with Crippen LogP contribution in [0.3, 0.4) is 0 Å². The van der Waals surface area contributed by atoms with Crippen molar-refractivity contribution in [1.82, 2.24) is 10.6 Å². The quantitative estimate of drug-likeness (QED) is 0.221. The Morgan fingerprint density at radius 2 is 1.38 bits per heavy atom. The van der Waals surface area contributed by atoms with E-state index in [0.717, 1.165) is 16.0 Å². The molecule has 0 saturated carbocycles. The Balaban J connectivity index is 1.83. The zero-order valence-corrected chi connectivity index (χ0v) is 18.9. The maximum Gasteiger partial charge on any atom is 0.257 e. The highest BCUT2D eigenvalue weighted by Crippen LogP contribution is 2.29. The van der Waals surface area contributed by atoms with E-state index in [-0.39, 0.29) is 5.57 Å². The van der Waals surface area contributed by atoms with E-state index >= 15 is 0 Å². The summed E-state index contributed by atoms with van der Waals surface area (Å²) in [4.78, 5) is 26.9. The largest absolute Gasteiger partial charge is 0.496 e. The van der Waals surface area contributed by atoms with Crippen LogP contribution in [-0.4, -0.2) is 25.2 Å². The molecule has 32 heavy (non-hydrogen) atoms. The monoisotopic (exact) mass is 446 g/mol. The summed E-state index contributed by atoms with van der Waals surface area (Å²) < 4.78 is 5.44. The van der Waals surface area contributed by atoms with Crippen LogP contribution in [0.15, 0.2) is 89.3 Å². The summed E-state index contributed by atoms with van der Waals surface area (Å²) in [5.74, 6) is -0.181. The number of carbonyl (C=O) groups is 2. The van der Waals surface area contributed by atoms with Gasteiger partial charge in [0, 0.05) is 18.0 Å². The molecular formula is C26H26N2O3S. The zero-order valence-electron chi connectivity index (χ0n) is 18.1. The van der Waals surface area contributed by atoms with E-state index in [1.54, 1.807) is 24.9 Å². The van der Waals surface area contributed by atoms with Crippen LogP contribution >= 0.6 is 11.8 Å². The molecule has 0 heterocycles. The maximum atomic E-state index is 13.0. The van der Waals surface area contributed by atoms with E-state index in [9.17, 15) is 9.59 Å². The van der Waals surface area contributed by atoms with Gasteiger partial charge in [0.25, 0.3) is 11.8 Å². The van der Waals surface area contributed by atoms with E-state index in [1.807, 2.05) is 85.1 Å². The van der Waals surface area contributed by atoms with Gasteiger partial charge in [0.15, 0.2) is 0 Å². The Labute approximate surface area is 192 Å². The molecule has 0 bridgehead atoms. The molecular weight excluding hydrogens is 420 g/mol. The van der Waals surface area contributed by atoms with Crippen LogP contribution < -0.4 is 15.4 Å². The van der Waals surface area contributed by atoms with E-state index in [2.05, 4.69) is 10.6 Å². The van der Waals surface area contributed by atoms with Crippen LogP contribution in [0, 0.1) is 0 Å². The standard InChI is InChI=1S/C26H26N2O3S/c1-31-23-16-21(13-14-24(23)32-2)15-22(25(29)27-17-19-9-5-3-6-10-19)26(30)28-18-20-11-7-4-8-12-20/h3-16H,17-18H2,1-2H3,(H,27,29)(H,28,30). The number of carbonyl (C=O) groups excluding carboxylic acids is 2. The predicted molar refractivity (Wildman–Crippen MR) is 129 cm³/mol. The second kappa shape index (κ2) is 11.8. The van der Waals surface area contributed by atoms with Crippen LogP contribution in [0.4, 0.5) is 0 Å². The molecule has 0 spiro atoms. The lowest BCUT2D eigenvalue weighted by Crippen LogP contribution is -2.34. The molecule has 5 nitrogen and oxygen atoms in total. The first-order chi connectivity index (χ1) is 15.6. The van der Waals surface area contributed by atoms with Crippen LogP contribution in [0.5, 0.6) is 5.75 Å². The number of hydrogen-bond acceptors (Lipinski definition) is 4. The zero-order chi connectivity index (χ0) is 22.8. The average Bonchev–Trinajstić information content (AvgIpc) is 2.85.